The van der Waals surface area contributed by atoms with E-state index in [4.69, 9.17) is 22.1 Å². The second-order valence-electron chi connectivity index (χ2n) is 3.53. The molecule has 0 bridgehead atoms. The third kappa shape index (κ3) is 3.80. The van der Waals surface area contributed by atoms with Crippen LogP contribution in [0.15, 0.2) is 18.2 Å². The number of rotatable bonds is 4. The lowest BCUT2D eigenvalue weighted by molar-refractivity contribution is -0.119. The van der Waals surface area contributed by atoms with Crippen LogP contribution in [0.1, 0.15) is 18.9 Å². The molecule has 3 nitrogen and oxygen atoms in total. The molecule has 0 saturated carbocycles. The summed E-state index contributed by atoms with van der Waals surface area (Å²) in [7, 11) is 0. The van der Waals surface area contributed by atoms with Gasteiger partial charge in [-0.1, -0.05) is 17.7 Å². The number of hydrogen-bond donors (Lipinski definition) is 1. The summed E-state index contributed by atoms with van der Waals surface area (Å²) in [5.74, 6) is 0.205. The molecule has 0 heterocycles. The minimum atomic E-state index is -0.383. The van der Waals surface area contributed by atoms with E-state index in [1.807, 2.05) is 19.1 Å². The Morgan fingerprint density at radius 3 is 2.87 bits per heavy atom. The summed E-state index contributed by atoms with van der Waals surface area (Å²) in [6, 6.07) is 5.50. The highest BCUT2D eigenvalue weighted by molar-refractivity contribution is 6.32. The largest absolute Gasteiger partial charge is 0.489 e. The molecule has 82 valence electrons. The number of aryl methyl sites for hydroxylation is 1. The van der Waals surface area contributed by atoms with Crippen LogP contribution in [0.4, 0.5) is 0 Å². The highest BCUT2D eigenvalue weighted by Crippen LogP contribution is 2.26. The van der Waals surface area contributed by atoms with Gasteiger partial charge in [-0.3, -0.25) is 4.79 Å². The van der Waals surface area contributed by atoms with E-state index < -0.39 is 0 Å². The molecule has 0 spiro atoms. The minimum absolute atomic E-state index is 0.185. The van der Waals surface area contributed by atoms with Gasteiger partial charge in [-0.25, -0.2) is 0 Å². The van der Waals surface area contributed by atoms with Crippen molar-refractivity contribution in [2.45, 2.75) is 26.4 Å². The molecule has 2 N–H and O–H groups in total. The van der Waals surface area contributed by atoms with Crippen LogP contribution in [0.5, 0.6) is 5.75 Å². The molecule has 15 heavy (non-hydrogen) atoms. The van der Waals surface area contributed by atoms with E-state index in [9.17, 15) is 4.79 Å². The standard InChI is InChI=1S/C11H14ClNO2/c1-7-3-4-9(12)10(5-7)15-8(2)6-11(13)14/h3-5,8H,6H2,1-2H3,(H2,13,14). The molecule has 0 fully saturated rings. The van der Waals surface area contributed by atoms with Crippen molar-refractivity contribution in [3.8, 4) is 5.75 Å². The van der Waals surface area contributed by atoms with Crippen LogP contribution in [-0.2, 0) is 4.79 Å². The van der Waals surface area contributed by atoms with Crippen molar-refractivity contribution in [3.05, 3.63) is 28.8 Å². The normalized spacial score (nSPS) is 12.2. The van der Waals surface area contributed by atoms with Gasteiger partial charge in [-0.2, -0.15) is 0 Å². The van der Waals surface area contributed by atoms with Crippen LogP contribution in [-0.4, -0.2) is 12.0 Å². The van der Waals surface area contributed by atoms with Crippen molar-refractivity contribution in [2.75, 3.05) is 0 Å². The number of amides is 1. The quantitative estimate of drug-likeness (QED) is 0.858. The fourth-order valence-electron chi connectivity index (χ4n) is 1.24. The van der Waals surface area contributed by atoms with Gasteiger partial charge in [0.2, 0.25) is 5.91 Å². The lowest BCUT2D eigenvalue weighted by Crippen LogP contribution is -2.22. The molecule has 1 unspecified atom stereocenters. The van der Waals surface area contributed by atoms with Gasteiger partial charge in [0.1, 0.15) is 11.9 Å². The Kier molecular flexibility index (Phi) is 3.97. The maximum Gasteiger partial charge on any atom is 0.221 e. The van der Waals surface area contributed by atoms with Crippen LogP contribution < -0.4 is 10.5 Å². The van der Waals surface area contributed by atoms with Crippen LogP contribution in [0.2, 0.25) is 5.02 Å². The molecular weight excluding hydrogens is 214 g/mol. The molecule has 0 aliphatic heterocycles. The van der Waals surface area contributed by atoms with E-state index in [0.29, 0.717) is 10.8 Å². The molecule has 1 atom stereocenters. The lowest BCUT2D eigenvalue weighted by atomic mass is 10.2. The molecule has 4 heteroatoms. The molecule has 0 aliphatic rings. The van der Waals surface area contributed by atoms with Crippen molar-refractivity contribution >= 4 is 17.5 Å². The minimum Gasteiger partial charge on any atom is -0.489 e. The third-order valence-electron chi connectivity index (χ3n) is 1.90. The van der Waals surface area contributed by atoms with E-state index in [-0.39, 0.29) is 18.4 Å². The summed E-state index contributed by atoms with van der Waals surface area (Å²) in [6.45, 7) is 3.73. The second kappa shape index (κ2) is 5.03. The molecule has 0 radical (unpaired) electrons. The van der Waals surface area contributed by atoms with Crippen molar-refractivity contribution in [3.63, 3.8) is 0 Å². The van der Waals surface area contributed by atoms with Gasteiger partial charge in [0.15, 0.2) is 0 Å². The van der Waals surface area contributed by atoms with Gasteiger partial charge in [0.25, 0.3) is 0 Å². The lowest BCUT2D eigenvalue weighted by Gasteiger charge is -2.14. The van der Waals surface area contributed by atoms with E-state index in [0.717, 1.165) is 5.56 Å². The third-order valence-corrected chi connectivity index (χ3v) is 2.22. The first kappa shape index (κ1) is 11.9. The maximum atomic E-state index is 10.7. The van der Waals surface area contributed by atoms with Crippen molar-refractivity contribution in [1.82, 2.24) is 0 Å². The number of carbonyl (C=O) groups excluding carboxylic acids is 1. The van der Waals surface area contributed by atoms with Gasteiger partial charge >= 0.3 is 0 Å². The molecule has 1 rings (SSSR count). The fourth-order valence-corrected chi connectivity index (χ4v) is 1.40. The van der Waals surface area contributed by atoms with Crippen molar-refractivity contribution in [2.24, 2.45) is 5.73 Å². The Morgan fingerprint density at radius 2 is 2.27 bits per heavy atom. The Hall–Kier alpha value is -1.22. The van der Waals surface area contributed by atoms with E-state index in [1.54, 1.807) is 13.0 Å². The number of nitrogens with two attached hydrogens (primary N) is 1. The molecule has 1 amide bonds. The van der Waals surface area contributed by atoms with E-state index in [1.165, 1.54) is 0 Å². The van der Waals surface area contributed by atoms with Crippen LogP contribution in [0, 0.1) is 6.92 Å². The Labute approximate surface area is 94.2 Å². The van der Waals surface area contributed by atoms with Crippen LogP contribution in [0.25, 0.3) is 0 Å². The van der Waals surface area contributed by atoms with Gasteiger partial charge in [0, 0.05) is 0 Å². The monoisotopic (exact) mass is 227 g/mol. The van der Waals surface area contributed by atoms with E-state index in [2.05, 4.69) is 0 Å². The number of benzene rings is 1. The average Bonchev–Trinajstić information content (AvgIpc) is 2.10. The summed E-state index contributed by atoms with van der Waals surface area (Å²) >= 11 is 5.94. The number of primary amides is 1. The van der Waals surface area contributed by atoms with Crippen molar-refractivity contribution in [1.29, 1.82) is 0 Å². The van der Waals surface area contributed by atoms with Gasteiger partial charge in [0.05, 0.1) is 11.4 Å². The Morgan fingerprint density at radius 1 is 1.60 bits per heavy atom. The second-order valence-corrected chi connectivity index (χ2v) is 3.94. The number of halogens is 1. The van der Waals surface area contributed by atoms with Gasteiger partial charge < -0.3 is 10.5 Å². The predicted octanol–water partition coefficient (Wildman–Crippen LogP) is 2.29. The summed E-state index contributed by atoms with van der Waals surface area (Å²) in [6.07, 6.45) is -0.0774. The first-order valence-corrected chi connectivity index (χ1v) is 5.08. The number of ether oxygens (including phenoxy) is 1. The number of carbonyl (C=O) groups is 1. The van der Waals surface area contributed by atoms with Gasteiger partial charge in [-0.15, -0.1) is 0 Å². The summed E-state index contributed by atoms with van der Waals surface area (Å²) in [5.41, 5.74) is 6.12. The summed E-state index contributed by atoms with van der Waals surface area (Å²) in [4.78, 5) is 10.7. The molecule has 0 aliphatic carbocycles. The smallest absolute Gasteiger partial charge is 0.221 e. The highest BCUT2D eigenvalue weighted by atomic mass is 35.5. The average molecular weight is 228 g/mol. The van der Waals surface area contributed by atoms with Crippen LogP contribution >= 0.6 is 11.6 Å². The zero-order valence-corrected chi connectivity index (χ0v) is 9.54. The molecule has 1 aromatic carbocycles. The first-order chi connectivity index (χ1) is 6.99. The maximum absolute atomic E-state index is 10.7. The zero-order chi connectivity index (χ0) is 11.4. The molecule has 0 aromatic heterocycles. The fraction of sp³-hybridized carbons (Fsp3) is 0.364. The number of hydrogen-bond acceptors (Lipinski definition) is 2. The van der Waals surface area contributed by atoms with E-state index >= 15 is 0 Å². The Balaban J connectivity index is 2.71. The van der Waals surface area contributed by atoms with Gasteiger partial charge in [-0.05, 0) is 31.5 Å². The summed E-state index contributed by atoms with van der Waals surface area (Å²) < 4.78 is 5.50. The summed E-state index contributed by atoms with van der Waals surface area (Å²) in [5, 5.41) is 0.539. The predicted molar refractivity (Wildman–Crippen MR) is 60.1 cm³/mol. The van der Waals surface area contributed by atoms with Crippen molar-refractivity contribution < 1.29 is 9.53 Å². The zero-order valence-electron chi connectivity index (χ0n) is 8.79. The molecule has 0 saturated heterocycles. The van der Waals surface area contributed by atoms with Crippen LogP contribution in [0.3, 0.4) is 0 Å². The first-order valence-electron chi connectivity index (χ1n) is 4.70. The Bertz CT molecular complexity index is 366. The molecule has 1 aromatic rings. The molecular formula is C11H14ClNO2. The topological polar surface area (TPSA) is 52.3 Å². The SMILES string of the molecule is Cc1ccc(Cl)c(OC(C)CC(N)=O)c1. The highest BCUT2D eigenvalue weighted by Gasteiger charge is 2.10.